The number of ether oxygens (including phenoxy) is 2. The molecule has 4 aliphatic rings. The van der Waals surface area contributed by atoms with E-state index < -0.39 is 35.9 Å². The van der Waals surface area contributed by atoms with E-state index in [4.69, 9.17) is 9.47 Å². The number of alkyl halides is 3. The molecular formula is C44H53F3N6O6. The van der Waals surface area contributed by atoms with Gasteiger partial charge in [-0.1, -0.05) is 63.1 Å². The summed E-state index contributed by atoms with van der Waals surface area (Å²) in [6, 6.07) is 10.0. The van der Waals surface area contributed by atoms with E-state index >= 15 is 0 Å². The van der Waals surface area contributed by atoms with Gasteiger partial charge in [-0.05, 0) is 84.9 Å². The third-order valence-corrected chi connectivity index (χ3v) is 11.8. The number of halogens is 3. The van der Waals surface area contributed by atoms with Gasteiger partial charge < -0.3 is 19.7 Å². The SMILES string of the molecule is COC(=O)N[C@H](C(=O)N1CCC[C@H]1C1=NC=C(c2ccc(-c3ccc(C4=CN=C(C5CCCC[C@@H]5C(=O)N(NC(=O)OC)C(C)C)C4)cc3C(F)(F)F)cc2)C1)C(C)C. The van der Waals surface area contributed by atoms with Crippen LogP contribution in [0, 0.1) is 17.8 Å². The lowest BCUT2D eigenvalue weighted by molar-refractivity contribution is -0.142. The zero-order chi connectivity index (χ0) is 42.6. The van der Waals surface area contributed by atoms with Crippen molar-refractivity contribution in [3.05, 3.63) is 71.6 Å². The number of hydrogen-bond donors (Lipinski definition) is 2. The normalized spacial score (nSPS) is 21.1. The van der Waals surface area contributed by atoms with E-state index in [9.17, 15) is 32.3 Å². The molecule has 2 aromatic carbocycles. The molecule has 4 amide bonds. The molecule has 6 rings (SSSR count). The molecule has 1 unspecified atom stereocenters. The quantitative estimate of drug-likeness (QED) is 0.231. The zero-order valence-corrected chi connectivity index (χ0v) is 34.4. The lowest BCUT2D eigenvalue weighted by Crippen LogP contribution is -2.54. The molecule has 12 nitrogen and oxygen atoms in total. The molecule has 3 heterocycles. The van der Waals surface area contributed by atoms with Crippen LogP contribution in [0.1, 0.15) is 95.8 Å². The van der Waals surface area contributed by atoms with Crippen LogP contribution in [0.5, 0.6) is 0 Å². The van der Waals surface area contributed by atoms with Crippen LogP contribution in [0.15, 0.2) is 64.8 Å². The van der Waals surface area contributed by atoms with Crippen LogP contribution >= 0.6 is 0 Å². The van der Waals surface area contributed by atoms with Gasteiger partial charge in [0.25, 0.3) is 0 Å². The Morgan fingerprint density at radius 1 is 0.797 bits per heavy atom. The Balaban J connectivity index is 1.13. The Kier molecular flexibility index (Phi) is 13.3. The Morgan fingerprint density at radius 3 is 2.05 bits per heavy atom. The fourth-order valence-electron chi connectivity index (χ4n) is 8.61. The van der Waals surface area contributed by atoms with Gasteiger partial charge in [0.2, 0.25) is 11.8 Å². The van der Waals surface area contributed by atoms with Crippen LogP contribution in [0.4, 0.5) is 22.8 Å². The average Bonchev–Trinajstić information content (AvgIpc) is 4.03. The highest BCUT2D eigenvalue weighted by molar-refractivity contribution is 6.04. The van der Waals surface area contributed by atoms with Crippen molar-refractivity contribution in [2.24, 2.45) is 27.7 Å². The molecule has 59 heavy (non-hydrogen) atoms. The first-order valence-electron chi connectivity index (χ1n) is 20.3. The summed E-state index contributed by atoms with van der Waals surface area (Å²) in [5.41, 5.74) is 6.58. The predicted octanol–water partition coefficient (Wildman–Crippen LogP) is 8.43. The first-order chi connectivity index (χ1) is 28.1. The smallest absolute Gasteiger partial charge is 0.425 e. The predicted molar refractivity (Wildman–Crippen MR) is 219 cm³/mol. The molecular weight excluding hydrogens is 766 g/mol. The molecule has 1 aliphatic carbocycles. The largest absolute Gasteiger partial charge is 0.453 e. The molecule has 0 radical (unpaired) electrons. The van der Waals surface area contributed by atoms with E-state index in [-0.39, 0.29) is 41.3 Å². The molecule has 2 aromatic rings. The van der Waals surface area contributed by atoms with E-state index in [0.29, 0.717) is 48.9 Å². The van der Waals surface area contributed by atoms with E-state index in [1.54, 1.807) is 61.5 Å². The van der Waals surface area contributed by atoms with Crippen molar-refractivity contribution in [2.75, 3.05) is 20.8 Å². The van der Waals surface area contributed by atoms with Crippen LogP contribution in [0.25, 0.3) is 22.3 Å². The van der Waals surface area contributed by atoms with Gasteiger partial charge in [-0.15, -0.1) is 0 Å². The summed E-state index contributed by atoms with van der Waals surface area (Å²) in [5.74, 6) is -1.24. The molecule has 3 aliphatic heterocycles. The minimum absolute atomic E-state index is 0.0510. The Morgan fingerprint density at radius 2 is 1.41 bits per heavy atom. The molecule has 0 aromatic heterocycles. The monoisotopic (exact) mass is 818 g/mol. The highest BCUT2D eigenvalue weighted by atomic mass is 19.4. The number of aliphatic imine (C=N–C) groups is 2. The molecule has 316 valence electrons. The summed E-state index contributed by atoms with van der Waals surface area (Å²) >= 11 is 0. The van der Waals surface area contributed by atoms with E-state index in [2.05, 4.69) is 20.7 Å². The number of carbonyl (C=O) groups excluding carboxylic acids is 4. The number of nitrogens with zero attached hydrogens (tertiary/aromatic N) is 4. The standard InChI is InChI=1S/C44H53F3N6O6/c1-25(2)39(50-42(56)58-5)41(55)52-19-9-12-38(52)37-22-30(23-49-37)27-13-15-28(16-14-27)32-18-17-29(20-35(32)44(45,46)47)31-21-36(48-24-31)33-10-7-8-11-34(33)40(54)53(26(3)4)51-43(57)59-6/h13-18,20,23-26,33-34,38-39H,7-12,19,21-22H2,1-6H3,(H,50,56)(H,51,57)/t33?,34-,38-,39-/m0/s1. The number of rotatable bonds is 10. The van der Waals surface area contributed by atoms with Crippen LogP contribution < -0.4 is 10.7 Å². The van der Waals surface area contributed by atoms with Crippen molar-refractivity contribution in [3.63, 3.8) is 0 Å². The summed E-state index contributed by atoms with van der Waals surface area (Å²) < 4.78 is 53.7. The Bertz CT molecular complexity index is 2060. The Hall–Kier alpha value is -5.47. The molecule has 0 bridgehead atoms. The van der Waals surface area contributed by atoms with Crippen LogP contribution in [0.2, 0.25) is 0 Å². The van der Waals surface area contributed by atoms with Crippen molar-refractivity contribution in [3.8, 4) is 11.1 Å². The third kappa shape index (κ3) is 9.55. The number of hydrazine groups is 1. The summed E-state index contributed by atoms with van der Waals surface area (Å²) in [6.07, 6.45) is 2.71. The lowest BCUT2D eigenvalue weighted by atomic mass is 9.74. The maximum atomic E-state index is 14.7. The van der Waals surface area contributed by atoms with Crippen LogP contribution in [-0.4, -0.2) is 84.2 Å². The number of alkyl carbamates (subject to hydrolysis) is 1. The van der Waals surface area contributed by atoms with Crippen LogP contribution in [0.3, 0.4) is 0 Å². The number of amides is 4. The van der Waals surface area contributed by atoms with Crippen molar-refractivity contribution < 1.29 is 41.8 Å². The number of carbonyl (C=O) groups is 4. The summed E-state index contributed by atoms with van der Waals surface area (Å²) in [5, 5.41) is 3.95. The minimum Gasteiger partial charge on any atom is -0.453 e. The zero-order valence-electron chi connectivity index (χ0n) is 34.4. The summed E-state index contributed by atoms with van der Waals surface area (Å²) in [6.45, 7) is 7.85. The minimum atomic E-state index is -4.64. The van der Waals surface area contributed by atoms with E-state index in [1.807, 2.05) is 13.8 Å². The molecule has 1 saturated carbocycles. The van der Waals surface area contributed by atoms with Gasteiger partial charge in [0.1, 0.15) is 6.04 Å². The maximum absolute atomic E-state index is 14.7. The number of likely N-dealkylation sites (tertiary alicyclic amines) is 1. The van der Waals surface area contributed by atoms with Gasteiger partial charge in [-0.2, -0.15) is 13.2 Å². The molecule has 4 atom stereocenters. The summed E-state index contributed by atoms with van der Waals surface area (Å²) in [7, 11) is 2.48. The second-order valence-corrected chi connectivity index (χ2v) is 16.2. The van der Waals surface area contributed by atoms with E-state index in [0.717, 1.165) is 48.2 Å². The number of hydrogen-bond acceptors (Lipinski definition) is 8. The summed E-state index contributed by atoms with van der Waals surface area (Å²) in [4.78, 5) is 62.4. The maximum Gasteiger partial charge on any atom is 0.425 e. The lowest BCUT2D eigenvalue weighted by Gasteiger charge is -2.36. The number of methoxy groups -OCH3 is 2. The van der Waals surface area contributed by atoms with E-state index in [1.165, 1.54) is 31.4 Å². The molecule has 1 saturated heterocycles. The topological polar surface area (TPSA) is 142 Å². The fourth-order valence-corrected chi connectivity index (χ4v) is 8.61. The Labute approximate surface area is 343 Å². The van der Waals surface area contributed by atoms with Crippen molar-refractivity contribution in [1.29, 1.82) is 0 Å². The fraction of sp³-hybridized carbons (Fsp3) is 0.500. The number of benzene rings is 2. The average molecular weight is 819 g/mol. The molecule has 2 fully saturated rings. The first kappa shape index (κ1) is 43.1. The van der Waals surface area contributed by atoms with Gasteiger partial charge >= 0.3 is 18.4 Å². The highest BCUT2D eigenvalue weighted by Gasteiger charge is 2.41. The third-order valence-electron chi connectivity index (χ3n) is 11.8. The molecule has 15 heteroatoms. The van der Waals surface area contributed by atoms with Gasteiger partial charge in [-0.3, -0.25) is 19.6 Å². The first-order valence-corrected chi connectivity index (χ1v) is 20.3. The van der Waals surface area contributed by atoms with Gasteiger partial charge in [0.15, 0.2) is 0 Å². The molecule has 2 N–H and O–H groups in total. The highest BCUT2D eigenvalue weighted by Crippen LogP contribution is 2.42. The van der Waals surface area contributed by atoms with Crippen molar-refractivity contribution >= 4 is 46.6 Å². The molecule has 0 spiro atoms. The van der Waals surface area contributed by atoms with Gasteiger partial charge in [0.05, 0.1) is 25.8 Å². The van der Waals surface area contributed by atoms with Gasteiger partial charge in [-0.25, -0.2) is 20.0 Å². The van der Waals surface area contributed by atoms with Crippen molar-refractivity contribution in [1.82, 2.24) is 20.7 Å². The number of nitrogens with one attached hydrogen (secondary N) is 2. The van der Waals surface area contributed by atoms with Gasteiger partial charge in [0, 0.05) is 61.1 Å². The second kappa shape index (κ2) is 18.2. The second-order valence-electron chi connectivity index (χ2n) is 16.2. The number of allylic oxidation sites excluding steroid dienone is 2. The van der Waals surface area contributed by atoms with Crippen molar-refractivity contribution in [2.45, 2.75) is 103 Å². The van der Waals surface area contributed by atoms with Crippen LogP contribution in [-0.2, 0) is 25.2 Å².